The third kappa shape index (κ3) is 33.6. The van der Waals surface area contributed by atoms with Crippen molar-refractivity contribution in [3.63, 3.8) is 0 Å². The van der Waals surface area contributed by atoms with Gasteiger partial charge in [-0.05, 0) is 38.5 Å². The number of hydrogen-bond donors (Lipinski definition) is 1. The van der Waals surface area contributed by atoms with Crippen LogP contribution >= 0.6 is 0 Å². The van der Waals surface area contributed by atoms with Crippen molar-refractivity contribution in [1.29, 1.82) is 0 Å². The molecule has 0 aliphatic carbocycles. The first-order valence-corrected chi connectivity index (χ1v) is 18.8. The van der Waals surface area contributed by atoms with Gasteiger partial charge in [0, 0.05) is 13.0 Å². The highest BCUT2D eigenvalue weighted by molar-refractivity contribution is 5.69. The molecule has 0 saturated carbocycles. The van der Waals surface area contributed by atoms with Gasteiger partial charge in [-0.15, -0.1) is 0 Å². The molecular weight excluding hydrogens is 520 g/mol. The summed E-state index contributed by atoms with van der Waals surface area (Å²) in [4.78, 5) is 12.1. The number of hydrogen-bond acceptors (Lipinski definition) is 4. The van der Waals surface area contributed by atoms with Crippen molar-refractivity contribution >= 4 is 5.97 Å². The lowest BCUT2D eigenvalue weighted by Crippen LogP contribution is -2.27. The molecule has 0 amide bonds. The van der Waals surface area contributed by atoms with Crippen LogP contribution in [-0.4, -0.2) is 37.0 Å². The van der Waals surface area contributed by atoms with Crippen LogP contribution in [-0.2, 0) is 14.3 Å². The van der Waals surface area contributed by atoms with E-state index in [9.17, 15) is 9.90 Å². The van der Waals surface area contributed by atoms with Crippen molar-refractivity contribution in [3.8, 4) is 0 Å². The highest BCUT2D eigenvalue weighted by atomic mass is 16.6. The van der Waals surface area contributed by atoms with Crippen LogP contribution in [0.15, 0.2) is 12.2 Å². The number of rotatable bonds is 35. The van der Waals surface area contributed by atoms with Crippen LogP contribution in [0.2, 0.25) is 0 Å². The second kappa shape index (κ2) is 36.3. The van der Waals surface area contributed by atoms with E-state index in [0.29, 0.717) is 19.6 Å². The molecule has 1 N–H and O–H groups in total. The third-order valence-corrected chi connectivity index (χ3v) is 8.34. The van der Waals surface area contributed by atoms with E-state index in [1.807, 2.05) is 0 Å². The average molecular weight is 595 g/mol. The summed E-state index contributed by atoms with van der Waals surface area (Å²) in [5, 5.41) is 9.55. The number of aliphatic hydroxyl groups is 1. The van der Waals surface area contributed by atoms with E-state index in [1.54, 1.807) is 0 Å². The van der Waals surface area contributed by atoms with Gasteiger partial charge < -0.3 is 14.6 Å². The standard InChI is InChI=1S/C38H74O4/c1-3-5-7-9-11-13-15-17-18-19-20-21-23-25-27-29-31-33-38(40)42-37(35-39)36-41-34-32-30-28-26-24-22-16-14-12-10-8-6-4-2/h12,14,37,39H,3-11,13,15-36H2,1-2H3/b14-12-. The fourth-order valence-electron chi connectivity index (χ4n) is 5.50. The van der Waals surface area contributed by atoms with E-state index in [-0.39, 0.29) is 12.6 Å². The average Bonchev–Trinajstić information content (AvgIpc) is 3.00. The summed E-state index contributed by atoms with van der Waals surface area (Å²) in [6.45, 7) is 5.34. The summed E-state index contributed by atoms with van der Waals surface area (Å²) in [6, 6.07) is 0. The first-order valence-electron chi connectivity index (χ1n) is 18.8. The van der Waals surface area contributed by atoms with Gasteiger partial charge in [0.05, 0.1) is 13.2 Å². The maximum Gasteiger partial charge on any atom is 0.306 e. The van der Waals surface area contributed by atoms with Gasteiger partial charge in [0.15, 0.2) is 0 Å². The second-order valence-corrected chi connectivity index (χ2v) is 12.7. The highest BCUT2D eigenvalue weighted by Gasteiger charge is 2.13. The quantitative estimate of drug-likeness (QED) is 0.0450. The molecule has 4 nitrogen and oxygen atoms in total. The van der Waals surface area contributed by atoms with Gasteiger partial charge in [-0.25, -0.2) is 0 Å². The lowest BCUT2D eigenvalue weighted by Gasteiger charge is -2.15. The van der Waals surface area contributed by atoms with Gasteiger partial charge in [0.25, 0.3) is 0 Å². The Morgan fingerprint density at radius 1 is 0.548 bits per heavy atom. The molecule has 0 spiro atoms. The predicted molar refractivity (Wildman–Crippen MR) is 182 cm³/mol. The Hall–Kier alpha value is -0.870. The Kier molecular flexibility index (Phi) is 35.6. The Bertz CT molecular complexity index is 547. The van der Waals surface area contributed by atoms with Gasteiger partial charge in [-0.1, -0.05) is 167 Å². The molecule has 4 heteroatoms. The summed E-state index contributed by atoms with van der Waals surface area (Å²) in [5.41, 5.74) is 0. The minimum Gasteiger partial charge on any atom is -0.457 e. The molecule has 250 valence electrons. The van der Waals surface area contributed by atoms with Crippen LogP contribution in [0.25, 0.3) is 0 Å². The zero-order valence-electron chi connectivity index (χ0n) is 28.5. The summed E-state index contributed by atoms with van der Waals surface area (Å²) >= 11 is 0. The second-order valence-electron chi connectivity index (χ2n) is 12.7. The lowest BCUT2D eigenvalue weighted by atomic mass is 10.0. The fourth-order valence-corrected chi connectivity index (χ4v) is 5.50. The van der Waals surface area contributed by atoms with Gasteiger partial charge in [0.2, 0.25) is 0 Å². The Morgan fingerprint density at radius 2 is 0.929 bits per heavy atom. The number of esters is 1. The summed E-state index contributed by atoms with van der Waals surface area (Å²) in [6.07, 6.45) is 41.1. The number of unbranched alkanes of at least 4 members (excludes halogenated alkanes) is 25. The van der Waals surface area contributed by atoms with Crippen LogP contribution in [0.1, 0.15) is 200 Å². The van der Waals surface area contributed by atoms with Crippen molar-refractivity contribution in [2.45, 2.75) is 206 Å². The van der Waals surface area contributed by atoms with E-state index in [1.165, 1.54) is 161 Å². The van der Waals surface area contributed by atoms with Crippen molar-refractivity contribution < 1.29 is 19.4 Å². The lowest BCUT2D eigenvalue weighted by molar-refractivity contribution is -0.154. The molecule has 0 aliphatic rings. The van der Waals surface area contributed by atoms with Gasteiger partial charge >= 0.3 is 5.97 Å². The zero-order chi connectivity index (χ0) is 30.6. The molecule has 1 atom stereocenters. The molecule has 0 aromatic rings. The highest BCUT2D eigenvalue weighted by Crippen LogP contribution is 2.15. The van der Waals surface area contributed by atoms with E-state index in [0.717, 1.165) is 19.3 Å². The minimum absolute atomic E-state index is 0.169. The third-order valence-electron chi connectivity index (χ3n) is 8.34. The molecule has 0 rings (SSSR count). The van der Waals surface area contributed by atoms with Crippen LogP contribution in [0, 0.1) is 0 Å². The first-order chi connectivity index (χ1) is 20.7. The molecule has 0 radical (unpaired) electrons. The number of aliphatic hydroxyl groups excluding tert-OH is 1. The maximum atomic E-state index is 12.1. The van der Waals surface area contributed by atoms with E-state index < -0.39 is 6.10 Å². The SMILES string of the molecule is CCCCC/C=C\CCCCCCCCOCC(CO)OC(=O)CCCCCCCCCCCCCCCCCCC. The van der Waals surface area contributed by atoms with E-state index >= 15 is 0 Å². The van der Waals surface area contributed by atoms with Crippen LogP contribution < -0.4 is 0 Å². The number of carbonyl (C=O) groups excluding carboxylic acids is 1. The number of allylic oxidation sites excluding steroid dienone is 2. The molecule has 0 aromatic carbocycles. The minimum atomic E-state index is -0.529. The summed E-state index contributed by atoms with van der Waals surface area (Å²) in [7, 11) is 0. The van der Waals surface area contributed by atoms with Gasteiger partial charge in [-0.2, -0.15) is 0 Å². The van der Waals surface area contributed by atoms with E-state index in [2.05, 4.69) is 26.0 Å². The summed E-state index contributed by atoms with van der Waals surface area (Å²) < 4.78 is 11.1. The monoisotopic (exact) mass is 595 g/mol. The van der Waals surface area contributed by atoms with E-state index in [4.69, 9.17) is 9.47 Å². The van der Waals surface area contributed by atoms with Gasteiger partial charge in [0.1, 0.15) is 6.10 Å². The van der Waals surface area contributed by atoms with Crippen LogP contribution in [0.5, 0.6) is 0 Å². The molecule has 0 heterocycles. The van der Waals surface area contributed by atoms with Crippen molar-refractivity contribution in [3.05, 3.63) is 12.2 Å². The largest absolute Gasteiger partial charge is 0.457 e. The molecular formula is C38H74O4. The molecule has 0 aromatic heterocycles. The molecule has 0 aliphatic heterocycles. The Labute approximate surface area is 263 Å². The zero-order valence-corrected chi connectivity index (χ0v) is 28.5. The Balaban J connectivity index is 3.40. The topological polar surface area (TPSA) is 55.8 Å². The predicted octanol–water partition coefficient (Wildman–Crippen LogP) is 11.8. The Morgan fingerprint density at radius 3 is 1.40 bits per heavy atom. The normalized spacial score (nSPS) is 12.4. The van der Waals surface area contributed by atoms with Crippen molar-refractivity contribution in [1.82, 2.24) is 0 Å². The smallest absolute Gasteiger partial charge is 0.306 e. The molecule has 1 unspecified atom stereocenters. The maximum absolute atomic E-state index is 12.1. The van der Waals surface area contributed by atoms with Crippen LogP contribution in [0.3, 0.4) is 0 Å². The fraction of sp³-hybridized carbons (Fsp3) is 0.921. The first kappa shape index (κ1) is 41.1. The molecule has 0 saturated heterocycles. The van der Waals surface area contributed by atoms with Crippen LogP contribution in [0.4, 0.5) is 0 Å². The molecule has 0 fully saturated rings. The number of carbonyl (C=O) groups is 1. The van der Waals surface area contributed by atoms with Gasteiger partial charge in [-0.3, -0.25) is 4.79 Å². The van der Waals surface area contributed by atoms with Crippen molar-refractivity contribution in [2.75, 3.05) is 19.8 Å². The molecule has 0 bridgehead atoms. The van der Waals surface area contributed by atoms with Crippen molar-refractivity contribution in [2.24, 2.45) is 0 Å². The summed E-state index contributed by atoms with van der Waals surface area (Å²) in [5.74, 6) is -0.200. The number of ether oxygens (including phenoxy) is 2. The molecule has 42 heavy (non-hydrogen) atoms.